The predicted molar refractivity (Wildman–Crippen MR) is 93.7 cm³/mol. The molecule has 0 spiro atoms. The Kier molecular flexibility index (Phi) is 4.71. The molecule has 6 heteroatoms. The number of ether oxygens (including phenoxy) is 1. The average Bonchev–Trinajstić information content (AvgIpc) is 2.61. The molecule has 124 valence electrons. The van der Waals surface area contributed by atoms with E-state index in [4.69, 9.17) is 16.3 Å². The number of amides is 2. The SMILES string of the molecule is COc1ccc(Cl)cc1NC(=O)C(=O)N1CCCc2ccccc21. The molecule has 0 atom stereocenters. The fourth-order valence-corrected chi connectivity index (χ4v) is 2.99. The summed E-state index contributed by atoms with van der Waals surface area (Å²) in [5.41, 5.74) is 2.24. The summed E-state index contributed by atoms with van der Waals surface area (Å²) in [6.07, 6.45) is 1.74. The Balaban J connectivity index is 1.82. The molecule has 0 radical (unpaired) electrons. The number of benzene rings is 2. The molecule has 24 heavy (non-hydrogen) atoms. The number of para-hydroxylation sites is 1. The van der Waals surface area contributed by atoms with Crippen LogP contribution in [-0.2, 0) is 16.0 Å². The zero-order chi connectivity index (χ0) is 17.1. The van der Waals surface area contributed by atoms with Gasteiger partial charge in [0.2, 0.25) is 0 Å². The minimum atomic E-state index is -0.715. The first-order valence-corrected chi connectivity index (χ1v) is 8.02. The lowest BCUT2D eigenvalue weighted by atomic mass is 10.0. The van der Waals surface area contributed by atoms with Crippen LogP contribution < -0.4 is 15.0 Å². The molecule has 1 aliphatic heterocycles. The number of carbonyl (C=O) groups is 2. The van der Waals surface area contributed by atoms with Crippen LogP contribution in [0.25, 0.3) is 0 Å². The van der Waals surface area contributed by atoms with Crippen molar-refractivity contribution in [2.45, 2.75) is 12.8 Å². The van der Waals surface area contributed by atoms with Crippen molar-refractivity contribution in [2.75, 3.05) is 23.9 Å². The van der Waals surface area contributed by atoms with Gasteiger partial charge in [-0.25, -0.2) is 0 Å². The molecule has 3 rings (SSSR count). The van der Waals surface area contributed by atoms with Gasteiger partial charge < -0.3 is 15.0 Å². The van der Waals surface area contributed by atoms with E-state index in [2.05, 4.69) is 5.32 Å². The monoisotopic (exact) mass is 344 g/mol. The molecular weight excluding hydrogens is 328 g/mol. The maximum atomic E-state index is 12.6. The highest BCUT2D eigenvalue weighted by molar-refractivity contribution is 6.44. The summed E-state index contributed by atoms with van der Waals surface area (Å²) in [6.45, 7) is 0.524. The topological polar surface area (TPSA) is 58.6 Å². The Morgan fingerprint density at radius 3 is 2.79 bits per heavy atom. The molecule has 0 saturated carbocycles. The normalized spacial score (nSPS) is 13.2. The van der Waals surface area contributed by atoms with E-state index < -0.39 is 11.8 Å². The molecule has 0 aromatic heterocycles. The second kappa shape index (κ2) is 6.93. The van der Waals surface area contributed by atoms with E-state index in [1.165, 1.54) is 12.0 Å². The third-order valence-corrected chi connectivity index (χ3v) is 4.19. The van der Waals surface area contributed by atoms with Crippen molar-refractivity contribution in [1.82, 2.24) is 0 Å². The van der Waals surface area contributed by atoms with E-state index in [0.29, 0.717) is 23.0 Å². The van der Waals surface area contributed by atoms with E-state index in [9.17, 15) is 9.59 Å². The van der Waals surface area contributed by atoms with Gasteiger partial charge in [0.05, 0.1) is 12.8 Å². The second-order valence-corrected chi connectivity index (χ2v) is 5.92. The van der Waals surface area contributed by atoms with Crippen LogP contribution >= 0.6 is 11.6 Å². The van der Waals surface area contributed by atoms with Crippen molar-refractivity contribution in [1.29, 1.82) is 0 Å². The van der Waals surface area contributed by atoms with E-state index >= 15 is 0 Å². The molecule has 0 fully saturated rings. The lowest BCUT2D eigenvalue weighted by Crippen LogP contribution is -2.42. The number of anilines is 2. The number of fused-ring (bicyclic) bond motifs is 1. The molecule has 1 heterocycles. The van der Waals surface area contributed by atoms with Gasteiger partial charge in [-0.15, -0.1) is 0 Å². The summed E-state index contributed by atoms with van der Waals surface area (Å²) in [7, 11) is 1.49. The van der Waals surface area contributed by atoms with E-state index in [1.54, 1.807) is 18.2 Å². The molecular formula is C18H17ClN2O3. The third-order valence-electron chi connectivity index (χ3n) is 3.96. The summed E-state index contributed by atoms with van der Waals surface area (Å²) < 4.78 is 5.18. The Hall–Kier alpha value is -2.53. The molecule has 0 saturated heterocycles. The van der Waals surface area contributed by atoms with Crippen molar-refractivity contribution >= 4 is 34.8 Å². The molecule has 0 unspecified atom stereocenters. The van der Waals surface area contributed by atoms with Crippen LogP contribution in [0, 0.1) is 0 Å². The van der Waals surface area contributed by atoms with Crippen molar-refractivity contribution in [2.24, 2.45) is 0 Å². The lowest BCUT2D eigenvalue weighted by molar-refractivity contribution is -0.134. The second-order valence-electron chi connectivity index (χ2n) is 5.49. The molecule has 0 aliphatic carbocycles. The van der Waals surface area contributed by atoms with E-state index in [0.717, 1.165) is 24.1 Å². The first kappa shape index (κ1) is 16.3. The Bertz CT molecular complexity index is 792. The molecule has 2 amide bonds. The van der Waals surface area contributed by atoms with Gasteiger partial charge in [-0.1, -0.05) is 29.8 Å². The number of rotatable bonds is 2. The van der Waals surface area contributed by atoms with Crippen molar-refractivity contribution < 1.29 is 14.3 Å². The maximum Gasteiger partial charge on any atom is 0.316 e. The highest BCUT2D eigenvalue weighted by Gasteiger charge is 2.27. The zero-order valence-electron chi connectivity index (χ0n) is 13.2. The number of aryl methyl sites for hydroxylation is 1. The molecule has 2 aromatic carbocycles. The van der Waals surface area contributed by atoms with Gasteiger partial charge in [0.1, 0.15) is 5.75 Å². The fourth-order valence-electron chi connectivity index (χ4n) is 2.82. The van der Waals surface area contributed by atoms with Crippen LogP contribution in [0.4, 0.5) is 11.4 Å². The molecule has 5 nitrogen and oxygen atoms in total. The van der Waals surface area contributed by atoms with Gasteiger partial charge in [0, 0.05) is 17.3 Å². The molecule has 1 N–H and O–H groups in total. The van der Waals surface area contributed by atoms with Gasteiger partial charge in [-0.3, -0.25) is 9.59 Å². The summed E-state index contributed by atoms with van der Waals surface area (Å²) in [4.78, 5) is 26.5. The summed E-state index contributed by atoms with van der Waals surface area (Å²) >= 11 is 5.95. The van der Waals surface area contributed by atoms with E-state index in [-0.39, 0.29) is 0 Å². The lowest BCUT2D eigenvalue weighted by Gasteiger charge is -2.28. The van der Waals surface area contributed by atoms with Crippen LogP contribution in [0.5, 0.6) is 5.75 Å². The standard InChI is InChI=1S/C18H17ClN2O3/c1-24-16-9-8-13(19)11-14(16)20-17(22)18(23)21-10-4-6-12-5-2-3-7-15(12)21/h2-3,5,7-9,11H,4,6,10H2,1H3,(H,20,22). The summed E-state index contributed by atoms with van der Waals surface area (Å²) in [6, 6.07) is 12.5. The average molecular weight is 345 g/mol. The number of hydrogen-bond donors (Lipinski definition) is 1. The van der Waals surface area contributed by atoms with E-state index in [1.807, 2.05) is 24.3 Å². The Labute approximate surface area is 145 Å². The highest BCUT2D eigenvalue weighted by Crippen LogP contribution is 2.29. The van der Waals surface area contributed by atoms with Gasteiger partial charge in [0.25, 0.3) is 0 Å². The maximum absolute atomic E-state index is 12.6. The molecule has 2 aromatic rings. The molecule has 1 aliphatic rings. The van der Waals surface area contributed by atoms with Gasteiger partial charge in [-0.05, 0) is 42.7 Å². The number of hydrogen-bond acceptors (Lipinski definition) is 3. The van der Waals surface area contributed by atoms with Crippen LogP contribution in [0.3, 0.4) is 0 Å². The Morgan fingerprint density at radius 1 is 1.21 bits per heavy atom. The first-order valence-electron chi connectivity index (χ1n) is 7.64. The smallest absolute Gasteiger partial charge is 0.316 e. The number of carbonyl (C=O) groups excluding carboxylic acids is 2. The van der Waals surface area contributed by atoms with Gasteiger partial charge in [-0.2, -0.15) is 0 Å². The van der Waals surface area contributed by atoms with Gasteiger partial charge in [0.15, 0.2) is 0 Å². The highest BCUT2D eigenvalue weighted by atomic mass is 35.5. The largest absolute Gasteiger partial charge is 0.495 e. The third kappa shape index (κ3) is 3.21. The first-order chi connectivity index (χ1) is 11.6. The van der Waals surface area contributed by atoms with Crippen molar-refractivity contribution in [3.63, 3.8) is 0 Å². The quantitative estimate of drug-likeness (QED) is 0.851. The number of nitrogens with one attached hydrogen (secondary N) is 1. The minimum absolute atomic E-state index is 0.369. The van der Waals surface area contributed by atoms with Crippen LogP contribution in [0.2, 0.25) is 5.02 Å². The Morgan fingerprint density at radius 2 is 2.00 bits per heavy atom. The zero-order valence-corrected chi connectivity index (χ0v) is 14.0. The minimum Gasteiger partial charge on any atom is -0.495 e. The van der Waals surface area contributed by atoms with Gasteiger partial charge >= 0.3 is 11.8 Å². The molecule has 0 bridgehead atoms. The number of halogens is 1. The van der Waals surface area contributed by atoms with Crippen LogP contribution in [0.15, 0.2) is 42.5 Å². The van der Waals surface area contributed by atoms with Crippen molar-refractivity contribution in [3.05, 3.63) is 53.1 Å². The van der Waals surface area contributed by atoms with Crippen molar-refractivity contribution in [3.8, 4) is 5.75 Å². The number of methoxy groups -OCH3 is 1. The number of nitrogens with zero attached hydrogens (tertiary/aromatic N) is 1. The van der Waals surface area contributed by atoms with Crippen LogP contribution in [0.1, 0.15) is 12.0 Å². The van der Waals surface area contributed by atoms with Crippen LogP contribution in [-0.4, -0.2) is 25.5 Å². The predicted octanol–water partition coefficient (Wildman–Crippen LogP) is 3.27. The fraction of sp³-hybridized carbons (Fsp3) is 0.222. The summed E-state index contributed by atoms with van der Waals surface area (Å²) in [5.74, 6) is -0.865. The summed E-state index contributed by atoms with van der Waals surface area (Å²) in [5, 5.41) is 3.04.